The first-order valence-corrected chi connectivity index (χ1v) is 6.74. The molecular weight excluding hydrogens is 200 g/mol. The lowest BCUT2D eigenvalue weighted by Crippen LogP contribution is -2.48. The normalized spacial score (nSPS) is 26.6. The molecule has 0 spiro atoms. The van der Waals surface area contributed by atoms with Gasteiger partial charge in [0.25, 0.3) is 0 Å². The van der Waals surface area contributed by atoms with Crippen LogP contribution in [0, 0.1) is 5.92 Å². The van der Waals surface area contributed by atoms with Crippen LogP contribution in [0.4, 0.5) is 0 Å². The SMILES string of the molecule is CCCOC1CCCN(C(C)C(C)CN)C1. The molecular formula is C13H28N2O. The van der Waals surface area contributed by atoms with Crippen LogP contribution in [0.25, 0.3) is 0 Å². The van der Waals surface area contributed by atoms with Gasteiger partial charge in [-0.1, -0.05) is 13.8 Å². The predicted octanol–water partition coefficient (Wildman–Crippen LogP) is 1.86. The third-order valence-electron chi connectivity index (χ3n) is 3.74. The van der Waals surface area contributed by atoms with Crippen LogP contribution < -0.4 is 5.73 Å². The molecule has 0 bridgehead atoms. The van der Waals surface area contributed by atoms with Crippen LogP contribution in [-0.2, 0) is 4.74 Å². The molecule has 3 atom stereocenters. The molecule has 0 radical (unpaired) electrons. The lowest BCUT2D eigenvalue weighted by Gasteiger charge is -2.38. The van der Waals surface area contributed by atoms with Gasteiger partial charge < -0.3 is 10.5 Å². The van der Waals surface area contributed by atoms with E-state index >= 15 is 0 Å². The molecule has 0 amide bonds. The Morgan fingerprint density at radius 1 is 1.44 bits per heavy atom. The number of likely N-dealkylation sites (tertiary alicyclic amines) is 1. The number of rotatable bonds is 6. The van der Waals surface area contributed by atoms with Gasteiger partial charge in [-0.25, -0.2) is 0 Å². The van der Waals surface area contributed by atoms with E-state index in [4.69, 9.17) is 10.5 Å². The van der Waals surface area contributed by atoms with Gasteiger partial charge in [0.2, 0.25) is 0 Å². The molecule has 1 aliphatic heterocycles. The number of nitrogens with zero attached hydrogens (tertiary/aromatic N) is 1. The average Bonchev–Trinajstić information content (AvgIpc) is 2.34. The molecule has 3 unspecified atom stereocenters. The van der Waals surface area contributed by atoms with E-state index in [2.05, 4.69) is 25.7 Å². The van der Waals surface area contributed by atoms with E-state index in [0.717, 1.165) is 26.1 Å². The summed E-state index contributed by atoms with van der Waals surface area (Å²) in [5.74, 6) is 0.574. The Labute approximate surface area is 100 Å². The van der Waals surface area contributed by atoms with E-state index in [9.17, 15) is 0 Å². The van der Waals surface area contributed by atoms with Gasteiger partial charge >= 0.3 is 0 Å². The Morgan fingerprint density at radius 3 is 2.81 bits per heavy atom. The van der Waals surface area contributed by atoms with Crippen LogP contribution in [-0.4, -0.2) is 43.3 Å². The van der Waals surface area contributed by atoms with Gasteiger partial charge in [0, 0.05) is 19.2 Å². The van der Waals surface area contributed by atoms with Gasteiger partial charge in [0.15, 0.2) is 0 Å². The molecule has 1 fully saturated rings. The maximum absolute atomic E-state index is 5.85. The van der Waals surface area contributed by atoms with Crippen molar-refractivity contribution in [3.05, 3.63) is 0 Å². The highest BCUT2D eigenvalue weighted by Crippen LogP contribution is 2.19. The van der Waals surface area contributed by atoms with Gasteiger partial charge in [-0.2, -0.15) is 0 Å². The zero-order valence-corrected chi connectivity index (χ0v) is 11.1. The smallest absolute Gasteiger partial charge is 0.0702 e. The Morgan fingerprint density at radius 2 is 2.19 bits per heavy atom. The first kappa shape index (κ1) is 13.9. The summed E-state index contributed by atoms with van der Waals surface area (Å²) in [6.07, 6.45) is 4.04. The molecule has 0 aromatic carbocycles. The lowest BCUT2D eigenvalue weighted by atomic mass is 9.98. The highest BCUT2D eigenvalue weighted by Gasteiger charge is 2.26. The number of nitrogens with two attached hydrogens (primary N) is 1. The topological polar surface area (TPSA) is 38.5 Å². The predicted molar refractivity (Wildman–Crippen MR) is 68.5 cm³/mol. The largest absolute Gasteiger partial charge is 0.377 e. The summed E-state index contributed by atoms with van der Waals surface area (Å²) in [5, 5.41) is 0. The summed E-state index contributed by atoms with van der Waals surface area (Å²) >= 11 is 0. The van der Waals surface area contributed by atoms with E-state index < -0.39 is 0 Å². The van der Waals surface area contributed by atoms with Gasteiger partial charge in [-0.3, -0.25) is 4.90 Å². The summed E-state index contributed by atoms with van der Waals surface area (Å²) in [5.41, 5.74) is 5.74. The van der Waals surface area contributed by atoms with Crippen LogP contribution in [0.15, 0.2) is 0 Å². The molecule has 2 N–H and O–H groups in total. The highest BCUT2D eigenvalue weighted by atomic mass is 16.5. The minimum Gasteiger partial charge on any atom is -0.377 e. The van der Waals surface area contributed by atoms with E-state index in [-0.39, 0.29) is 0 Å². The van der Waals surface area contributed by atoms with E-state index in [0.29, 0.717) is 18.1 Å². The second-order valence-corrected chi connectivity index (χ2v) is 5.08. The minimum absolute atomic E-state index is 0.445. The minimum atomic E-state index is 0.445. The Balaban J connectivity index is 2.37. The molecule has 0 saturated carbocycles. The van der Waals surface area contributed by atoms with Crippen LogP contribution >= 0.6 is 0 Å². The van der Waals surface area contributed by atoms with E-state index in [1.54, 1.807) is 0 Å². The monoisotopic (exact) mass is 228 g/mol. The van der Waals surface area contributed by atoms with Gasteiger partial charge in [0.1, 0.15) is 0 Å². The third kappa shape index (κ3) is 4.04. The standard InChI is InChI=1S/C13H28N2O/c1-4-8-16-13-6-5-7-15(10-13)12(3)11(2)9-14/h11-13H,4-10,14H2,1-3H3. The second kappa shape index (κ2) is 7.25. The molecule has 3 heteroatoms. The van der Waals surface area contributed by atoms with Crippen LogP contribution in [0.3, 0.4) is 0 Å². The highest BCUT2D eigenvalue weighted by molar-refractivity contribution is 4.80. The maximum Gasteiger partial charge on any atom is 0.0702 e. The molecule has 16 heavy (non-hydrogen) atoms. The van der Waals surface area contributed by atoms with Crippen molar-refractivity contribution in [1.29, 1.82) is 0 Å². The summed E-state index contributed by atoms with van der Waals surface area (Å²) in [7, 11) is 0. The second-order valence-electron chi connectivity index (χ2n) is 5.08. The van der Waals surface area contributed by atoms with Crippen molar-refractivity contribution in [2.24, 2.45) is 11.7 Å². The van der Waals surface area contributed by atoms with Crippen molar-refractivity contribution in [3.8, 4) is 0 Å². The number of piperidine rings is 1. The van der Waals surface area contributed by atoms with Gasteiger partial charge in [-0.15, -0.1) is 0 Å². The van der Waals surface area contributed by atoms with Crippen LogP contribution in [0.1, 0.15) is 40.0 Å². The molecule has 0 aromatic rings. The first-order chi connectivity index (χ1) is 7.69. The van der Waals surface area contributed by atoms with Crippen molar-refractivity contribution in [2.75, 3.05) is 26.2 Å². The van der Waals surface area contributed by atoms with E-state index in [1.807, 2.05) is 0 Å². The molecule has 0 aliphatic carbocycles. The average molecular weight is 228 g/mol. The summed E-state index contributed by atoms with van der Waals surface area (Å²) in [6, 6.07) is 0.582. The van der Waals surface area contributed by atoms with Crippen molar-refractivity contribution in [3.63, 3.8) is 0 Å². The fourth-order valence-electron chi connectivity index (χ4n) is 2.31. The fraction of sp³-hybridized carbons (Fsp3) is 1.00. The van der Waals surface area contributed by atoms with Crippen LogP contribution in [0.2, 0.25) is 0 Å². The third-order valence-corrected chi connectivity index (χ3v) is 3.74. The molecule has 96 valence electrons. The van der Waals surface area contributed by atoms with Crippen molar-refractivity contribution >= 4 is 0 Å². The van der Waals surface area contributed by atoms with Gasteiger partial charge in [0.05, 0.1) is 6.10 Å². The molecule has 1 heterocycles. The Bertz CT molecular complexity index is 187. The fourth-order valence-corrected chi connectivity index (χ4v) is 2.31. The molecule has 0 aromatic heterocycles. The number of hydrogen-bond donors (Lipinski definition) is 1. The summed E-state index contributed by atoms with van der Waals surface area (Å²) < 4.78 is 5.85. The zero-order valence-electron chi connectivity index (χ0n) is 11.1. The quantitative estimate of drug-likeness (QED) is 0.754. The molecule has 1 saturated heterocycles. The molecule has 1 aliphatic rings. The van der Waals surface area contributed by atoms with Crippen molar-refractivity contribution < 1.29 is 4.74 Å². The van der Waals surface area contributed by atoms with Crippen LogP contribution in [0.5, 0.6) is 0 Å². The summed E-state index contributed by atoms with van der Waals surface area (Å²) in [4.78, 5) is 2.54. The number of ether oxygens (including phenoxy) is 1. The summed E-state index contributed by atoms with van der Waals surface area (Å²) in [6.45, 7) is 10.7. The number of hydrogen-bond acceptors (Lipinski definition) is 3. The Hall–Kier alpha value is -0.120. The lowest BCUT2D eigenvalue weighted by molar-refractivity contribution is -0.0164. The molecule has 1 rings (SSSR count). The van der Waals surface area contributed by atoms with Gasteiger partial charge in [-0.05, 0) is 45.2 Å². The molecule has 3 nitrogen and oxygen atoms in total. The maximum atomic E-state index is 5.85. The van der Waals surface area contributed by atoms with E-state index in [1.165, 1.54) is 19.4 Å². The first-order valence-electron chi connectivity index (χ1n) is 6.74. The van der Waals surface area contributed by atoms with Crippen molar-refractivity contribution in [2.45, 2.75) is 52.2 Å². The van der Waals surface area contributed by atoms with Crippen molar-refractivity contribution in [1.82, 2.24) is 4.90 Å². The zero-order chi connectivity index (χ0) is 12.0. The Kier molecular flexibility index (Phi) is 6.32.